The maximum Gasteiger partial charge on any atom is 0.183 e. The molecule has 1 spiro atoms. The van der Waals surface area contributed by atoms with Crippen molar-refractivity contribution >= 4 is 5.82 Å². The predicted molar refractivity (Wildman–Crippen MR) is 76.7 cm³/mol. The van der Waals surface area contributed by atoms with E-state index in [9.17, 15) is 5.11 Å². The van der Waals surface area contributed by atoms with E-state index in [0.717, 1.165) is 32.4 Å². The Kier molecular flexibility index (Phi) is 3.79. The van der Waals surface area contributed by atoms with E-state index in [1.54, 1.807) is 6.20 Å². The average Bonchev–Trinajstić information content (AvgIpc) is 2.55. The molecule has 3 rings (SSSR count). The fourth-order valence-electron chi connectivity index (χ4n) is 3.59. The van der Waals surface area contributed by atoms with Crippen LogP contribution >= 0.6 is 0 Å². The van der Waals surface area contributed by atoms with Gasteiger partial charge in [0.05, 0.1) is 12.2 Å². The smallest absolute Gasteiger partial charge is 0.183 e. The minimum absolute atomic E-state index is 0.110. The first kappa shape index (κ1) is 14.2. The zero-order chi connectivity index (χ0) is 14.9. The van der Waals surface area contributed by atoms with Gasteiger partial charge in [-0.25, -0.2) is 9.97 Å². The summed E-state index contributed by atoms with van der Waals surface area (Å²) < 4.78 is 5.77. The molecule has 112 valence electrons. The van der Waals surface area contributed by atoms with Crippen molar-refractivity contribution in [3.63, 3.8) is 0 Å². The first-order valence-electron chi connectivity index (χ1n) is 7.47. The van der Waals surface area contributed by atoms with Crippen LogP contribution in [0.4, 0.5) is 5.82 Å². The molecule has 6 nitrogen and oxygen atoms in total. The molecule has 1 saturated heterocycles. The van der Waals surface area contributed by atoms with Gasteiger partial charge in [0.2, 0.25) is 0 Å². The third kappa shape index (κ3) is 2.27. The number of aliphatic hydroxyl groups is 1. The van der Waals surface area contributed by atoms with Crippen molar-refractivity contribution in [2.75, 3.05) is 24.6 Å². The zero-order valence-electron chi connectivity index (χ0n) is 12.2. The molecular formula is C15H20N4O2. The van der Waals surface area contributed by atoms with Gasteiger partial charge in [-0.1, -0.05) is 0 Å². The lowest BCUT2D eigenvalue weighted by Gasteiger charge is -2.56. The van der Waals surface area contributed by atoms with Crippen LogP contribution in [-0.2, 0) is 4.74 Å². The molecule has 0 unspecified atom stereocenters. The van der Waals surface area contributed by atoms with Crippen LogP contribution in [0, 0.1) is 16.7 Å². The zero-order valence-corrected chi connectivity index (χ0v) is 12.2. The van der Waals surface area contributed by atoms with Crippen molar-refractivity contribution in [1.29, 1.82) is 5.26 Å². The molecule has 2 aliphatic rings. The third-order valence-corrected chi connectivity index (χ3v) is 4.89. The van der Waals surface area contributed by atoms with E-state index in [4.69, 9.17) is 10.00 Å². The molecule has 21 heavy (non-hydrogen) atoms. The van der Waals surface area contributed by atoms with Crippen molar-refractivity contribution in [3.05, 3.63) is 18.1 Å². The van der Waals surface area contributed by atoms with Crippen LogP contribution in [0.15, 0.2) is 12.4 Å². The van der Waals surface area contributed by atoms with Gasteiger partial charge in [0.1, 0.15) is 6.07 Å². The number of nitriles is 1. The van der Waals surface area contributed by atoms with Crippen molar-refractivity contribution in [2.45, 2.75) is 38.4 Å². The molecule has 2 atom stereocenters. The third-order valence-electron chi connectivity index (χ3n) is 4.89. The fraction of sp³-hybridized carbons (Fsp3) is 0.667. The quantitative estimate of drug-likeness (QED) is 0.897. The van der Waals surface area contributed by atoms with Crippen molar-refractivity contribution < 1.29 is 9.84 Å². The first-order chi connectivity index (χ1) is 10.2. The molecule has 1 aliphatic carbocycles. The maximum absolute atomic E-state index is 10.2. The summed E-state index contributed by atoms with van der Waals surface area (Å²) in [5.41, 5.74) is 0.255. The fourth-order valence-corrected chi connectivity index (χ4v) is 3.59. The molecule has 1 saturated carbocycles. The second kappa shape index (κ2) is 5.58. The second-order valence-corrected chi connectivity index (χ2v) is 5.76. The number of rotatable bonds is 3. The summed E-state index contributed by atoms with van der Waals surface area (Å²) in [6.07, 6.45) is 5.50. The normalized spacial score (nSPS) is 27.2. The van der Waals surface area contributed by atoms with Gasteiger partial charge in [0.25, 0.3) is 0 Å². The van der Waals surface area contributed by atoms with Gasteiger partial charge >= 0.3 is 0 Å². The summed E-state index contributed by atoms with van der Waals surface area (Å²) in [4.78, 5) is 10.4. The van der Waals surface area contributed by atoms with Gasteiger partial charge in [-0.05, 0) is 19.8 Å². The Morgan fingerprint density at radius 3 is 2.76 bits per heavy atom. The molecule has 1 aromatic rings. The summed E-state index contributed by atoms with van der Waals surface area (Å²) in [5, 5.41) is 19.3. The SMILES string of the molecule is CCO[C@@H]1C[C@H](O)C12CCN(c1nccnc1C#N)CC2. The Bertz CT molecular complexity index is 547. The molecule has 0 radical (unpaired) electrons. The minimum atomic E-state index is -0.270. The van der Waals surface area contributed by atoms with E-state index in [1.165, 1.54) is 6.20 Å². The molecule has 0 bridgehead atoms. The number of hydrogen-bond acceptors (Lipinski definition) is 6. The Balaban J connectivity index is 1.72. The van der Waals surface area contributed by atoms with Crippen LogP contribution in [0.2, 0.25) is 0 Å². The second-order valence-electron chi connectivity index (χ2n) is 5.76. The molecule has 0 amide bonds. The van der Waals surface area contributed by atoms with Gasteiger partial charge in [-0.15, -0.1) is 0 Å². The number of anilines is 1. The van der Waals surface area contributed by atoms with Crippen LogP contribution in [-0.4, -0.2) is 47.0 Å². The molecular weight excluding hydrogens is 268 g/mol. The molecule has 1 aliphatic heterocycles. The highest BCUT2D eigenvalue weighted by atomic mass is 16.5. The summed E-state index contributed by atoms with van der Waals surface area (Å²) in [5.74, 6) is 0.650. The van der Waals surface area contributed by atoms with E-state index >= 15 is 0 Å². The first-order valence-corrected chi connectivity index (χ1v) is 7.47. The topological polar surface area (TPSA) is 82.3 Å². The van der Waals surface area contributed by atoms with Gasteiger partial charge in [0, 0.05) is 43.9 Å². The Hall–Kier alpha value is -1.71. The summed E-state index contributed by atoms with van der Waals surface area (Å²) in [6.45, 7) is 4.22. The van der Waals surface area contributed by atoms with Gasteiger partial charge in [-0.3, -0.25) is 0 Å². The number of nitrogens with zero attached hydrogens (tertiary/aromatic N) is 4. The van der Waals surface area contributed by atoms with Crippen LogP contribution in [0.3, 0.4) is 0 Å². The van der Waals surface area contributed by atoms with Crippen molar-refractivity contribution in [2.24, 2.45) is 5.41 Å². The Morgan fingerprint density at radius 1 is 1.43 bits per heavy atom. The molecule has 6 heteroatoms. The predicted octanol–water partition coefficient (Wildman–Crippen LogP) is 1.10. The van der Waals surface area contributed by atoms with Crippen molar-refractivity contribution in [1.82, 2.24) is 9.97 Å². The molecule has 1 aromatic heterocycles. The highest BCUT2D eigenvalue weighted by molar-refractivity contribution is 5.49. The van der Waals surface area contributed by atoms with Crippen LogP contribution in [0.1, 0.15) is 31.9 Å². The lowest BCUT2D eigenvalue weighted by Crippen LogP contribution is -2.62. The molecule has 0 aromatic carbocycles. The summed E-state index contributed by atoms with van der Waals surface area (Å²) in [6, 6.07) is 2.09. The van der Waals surface area contributed by atoms with E-state index in [2.05, 4.69) is 20.9 Å². The van der Waals surface area contributed by atoms with Gasteiger partial charge in [0.15, 0.2) is 11.5 Å². The molecule has 2 fully saturated rings. The number of ether oxygens (including phenoxy) is 1. The number of aliphatic hydroxyl groups excluding tert-OH is 1. The largest absolute Gasteiger partial charge is 0.392 e. The molecule has 2 heterocycles. The van der Waals surface area contributed by atoms with E-state index in [1.807, 2.05) is 6.92 Å². The minimum Gasteiger partial charge on any atom is -0.392 e. The standard InChI is InChI=1S/C15H20N4O2/c1-2-21-13-9-12(20)15(13)3-7-19(8-4-15)14-11(10-16)17-5-6-18-14/h5-6,12-13,20H,2-4,7-9H2,1H3/t12-,13+/m0/s1. The summed E-state index contributed by atoms with van der Waals surface area (Å²) in [7, 11) is 0. The van der Waals surface area contributed by atoms with E-state index in [0.29, 0.717) is 18.1 Å². The number of aromatic nitrogens is 2. The van der Waals surface area contributed by atoms with Gasteiger partial charge in [-0.2, -0.15) is 5.26 Å². The van der Waals surface area contributed by atoms with Crippen molar-refractivity contribution in [3.8, 4) is 6.07 Å². The monoisotopic (exact) mass is 288 g/mol. The lowest BCUT2D eigenvalue weighted by atomic mass is 9.58. The molecule has 1 N–H and O–H groups in total. The summed E-state index contributed by atoms with van der Waals surface area (Å²) >= 11 is 0. The van der Waals surface area contributed by atoms with E-state index in [-0.39, 0.29) is 17.6 Å². The number of piperidine rings is 1. The Morgan fingerprint density at radius 2 is 2.14 bits per heavy atom. The lowest BCUT2D eigenvalue weighted by molar-refractivity contribution is -0.199. The van der Waals surface area contributed by atoms with E-state index < -0.39 is 0 Å². The highest BCUT2D eigenvalue weighted by Crippen LogP contribution is 2.51. The number of hydrogen-bond donors (Lipinski definition) is 1. The maximum atomic E-state index is 10.2. The average molecular weight is 288 g/mol. The van der Waals surface area contributed by atoms with Crippen LogP contribution in [0.5, 0.6) is 0 Å². The van der Waals surface area contributed by atoms with Crippen LogP contribution < -0.4 is 4.90 Å². The van der Waals surface area contributed by atoms with Gasteiger partial charge < -0.3 is 14.7 Å². The Labute approximate surface area is 124 Å². The highest BCUT2D eigenvalue weighted by Gasteiger charge is 2.56. The van der Waals surface area contributed by atoms with Crippen LogP contribution in [0.25, 0.3) is 0 Å².